The van der Waals surface area contributed by atoms with E-state index in [4.69, 9.17) is 21.4 Å². The Morgan fingerprint density at radius 3 is 2.51 bits per heavy atom. The standard InChI is InChI=1S/C24H24ClFN4O5/c1-14(2)35-20-8-7-17(11-18(20)26)28-24-27-12-19(29-21(31)9-10-22(32)33)23(34)30(24)13-15-3-5-16(25)6-4-15/h3-8,11-12,14H,9-10,13H2,1-2H3,(H,27,28)(H,29,31)(H,32,33). The molecule has 0 aliphatic heterocycles. The van der Waals surface area contributed by atoms with Gasteiger partial charge in [0.25, 0.3) is 5.56 Å². The highest BCUT2D eigenvalue weighted by Gasteiger charge is 2.15. The van der Waals surface area contributed by atoms with Gasteiger partial charge in [0, 0.05) is 23.2 Å². The fourth-order valence-electron chi connectivity index (χ4n) is 3.09. The Morgan fingerprint density at radius 2 is 1.89 bits per heavy atom. The van der Waals surface area contributed by atoms with Crippen molar-refractivity contribution in [2.45, 2.75) is 39.3 Å². The first kappa shape index (κ1) is 25.7. The molecule has 35 heavy (non-hydrogen) atoms. The van der Waals surface area contributed by atoms with Crippen LogP contribution in [0.1, 0.15) is 32.3 Å². The number of rotatable bonds is 10. The lowest BCUT2D eigenvalue weighted by molar-refractivity contribution is -0.138. The molecule has 0 bridgehead atoms. The van der Waals surface area contributed by atoms with Gasteiger partial charge in [-0.05, 0) is 43.7 Å². The zero-order valence-corrected chi connectivity index (χ0v) is 19.8. The topological polar surface area (TPSA) is 123 Å². The molecule has 0 aliphatic carbocycles. The van der Waals surface area contributed by atoms with E-state index in [1.807, 2.05) is 0 Å². The first-order chi connectivity index (χ1) is 16.6. The number of carbonyl (C=O) groups is 2. The van der Waals surface area contributed by atoms with E-state index >= 15 is 0 Å². The van der Waals surface area contributed by atoms with E-state index in [1.54, 1.807) is 44.2 Å². The monoisotopic (exact) mass is 502 g/mol. The van der Waals surface area contributed by atoms with Gasteiger partial charge in [-0.15, -0.1) is 0 Å². The third-order valence-corrected chi connectivity index (χ3v) is 4.94. The smallest absolute Gasteiger partial charge is 0.303 e. The molecule has 0 aliphatic rings. The molecule has 0 atom stereocenters. The number of carboxylic acid groups (broad SMARTS) is 1. The molecule has 0 saturated carbocycles. The lowest BCUT2D eigenvalue weighted by atomic mass is 10.2. The van der Waals surface area contributed by atoms with E-state index in [0.29, 0.717) is 10.7 Å². The van der Waals surface area contributed by atoms with Gasteiger partial charge in [-0.1, -0.05) is 23.7 Å². The molecule has 0 fully saturated rings. The molecule has 0 saturated heterocycles. The number of benzene rings is 2. The second-order valence-electron chi connectivity index (χ2n) is 7.89. The number of aromatic nitrogens is 2. The van der Waals surface area contributed by atoms with E-state index in [-0.39, 0.29) is 42.9 Å². The number of hydrogen-bond acceptors (Lipinski definition) is 6. The Morgan fingerprint density at radius 1 is 1.17 bits per heavy atom. The minimum Gasteiger partial charge on any atom is -0.488 e. The van der Waals surface area contributed by atoms with Gasteiger partial charge in [0.15, 0.2) is 11.6 Å². The molecule has 3 N–H and O–H groups in total. The summed E-state index contributed by atoms with van der Waals surface area (Å²) in [5.74, 6) is -2.15. The van der Waals surface area contributed by atoms with E-state index in [1.165, 1.54) is 16.7 Å². The number of carboxylic acids is 1. The average molecular weight is 503 g/mol. The zero-order valence-electron chi connectivity index (χ0n) is 19.0. The summed E-state index contributed by atoms with van der Waals surface area (Å²) in [5, 5.41) is 14.6. The molecule has 184 valence electrons. The summed E-state index contributed by atoms with van der Waals surface area (Å²) in [7, 11) is 0. The zero-order chi connectivity index (χ0) is 25.5. The lowest BCUT2D eigenvalue weighted by Crippen LogP contribution is -2.29. The van der Waals surface area contributed by atoms with Crippen molar-refractivity contribution in [3.63, 3.8) is 0 Å². The van der Waals surface area contributed by atoms with Crippen LogP contribution in [0.4, 0.5) is 21.7 Å². The van der Waals surface area contributed by atoms with Gasteiger partial charge >= 0.3 is 5.97 Å². The Hall–Kier alpha value is -3.92. The largest absolute Gasteiger partial charge is 0.488 e. The predicted octanol–water partition coefficient (Wildman–Crippen LogP) is 4.42. The van der Waals surface area contributed by atoms with Crippen LogP contribution in [0.15, 0.2) is 53.5 Å². The van der Waals surface area contributed by atoms with Gasteiger partial charge in [0.2, 0.25) is 11.9 Å². The Balaban J connectivity index is 1.93. The van der Waals surface area contributed by atoms with E-state index in [2.05, 4.69) is 15.6 Å². The number of nitrogens with zero attached hydrogens (tertiary/aromatic N) is 2. The minimum absolute atomic E-state index is 0.0706. The summed E-state index contributed by atoms with van der Waals surface area (Å²) in [5.41, 5.74) is 0.351. The summed E-state index contributed by atoms with van der Waals surface area (Å²) in [4.78, 5) is 40.2. The van der Waals surface area contributed by atoms with E-state index in [0.717, 1.165) is 11.8 Å². The number of anilines is 3. The Labute approximate surface area is 205 Å². The average Bonchev–Trinajstić information content (AvgIpc) is 2.79. The van der Waals surface area contributed by atoms with Crippen LogP contribution in [0.5, 0.6) is 5.75 Å². The van der Waals surface area contributed by atoms with Crippen molar-refractivity contribution >= 4 is 40.8 Å². The summed E-state index contributed by atoms with van der Waals surface area (Å²) < 4.78 is 21.1. The minimum atomic E-state index is -1.13. The molecule has 9 nitrogen and oxygen atoms in total. The van der Waals surface area contributed by atoms with Crippen molar-refractivity contribution in [2.24, 2.45) is 0 Å². The van der Waals surface area contributed by atoms with Crippen LogP contribution >= 0.6 is 11.6 Å². The van der Waals surface area contributed by atoms with Gasteiger partial charge in [-0.25, -0.2) is 9.37 Å². The second kappa shape index (κ2) is 11.5. The van der Waals surface area contributed by atoms with Crippen molar-refractivity contribution in [3.8, 4) is 5.75 Å². The van der Waals surface area contributed by atoms with Crippen LogP contribution < -0.4 is 20.9 Å². The van der Waals surface area contributed by atoms with Crippen LogP contribution in [-0.2, 0) is 16.1 Å². The van der Waals surface area contributed by atoms with Gasteiger partial charge in [-0.3, -0.25) is 19.0 Å². The summed E-state index contributed by atoms with van der Waals surface area (Å²) >= 11 is 5.95. The number of halogens is 2. The van der Waals surface area contributed by atoms with Crippen LogP contribution in [-0.4, -0.2) is 32.6 Å². The normalized spacial score (nSPS) is 10.8. The Bertz CT molecular complexity index is 1280. The van der Waals surface area contributed by atoms with Crippen molar-refractivity contribution < 1.29 is 23.8 Å². The van der Waals surface area contributed by atoms with Gasteiger partial charge in [0.1, 0.15) is 5.69 Å². The van der Waals surface area contributed by atoms with Gasteiger partial charge < -0.3 is 20.5 Å². The molecule has 0 unspecified atom stereocenters. The van der Waals surface area contributed by atoms with Crippen LogP contribution in [0, 0.1) is 5.82 Å². The first-order valence-electron chi connectivity index (χ1n) is 10.7. The maximum absolute atomic E-state index is 14.5. The summed E-state index contributed by atoms with van der Waals surface area (Å²) in [6, 6.07) is 11.1. The van der Waals surface area contributed by atoms with Crippen molar-refractivity contribution in [1.29, 1.82) is 0 Å². The van der Waals surface area contributed by atoms with E-state index < -0.39 is 23.3 Å². The lowest BCUT2D eigenvalue weighted by Gasteiger charge is -2.16. The molecule has 0 spiro atoms. The van der Waals surface area contributed by atoms with Gasteiger partial charge in [-0.2, -0.15) is 0 Å². The summed E-state index contributed by atoms with van der Waals surface area (Å²) in [6.45, 7) is 3.64. The number of aliphatic carboxylic acids is 1. The third-order valence-electron chi connectivity index (χ3n) is 4.69. The molecule has 1 heterocycles. The highest BCUT2D eigenvalue weighted by atomic mass is 35.5. The number of ether oxygens (including phenoxy) is 1. The molecule has 1 amide bonds. The van der Waals surface area contributed by atoms with Crippen molar-refractivity contribution in [2.75, 3.05) is 10.6 Å². The van der Waals surface area contributed by atoms with Crippen molar-refractivity contribution in [1.82, 2.24) is 9.55 Å². The van der Waals surface area contributed by atoms with Crippen LogP contribution in [0.3, 0.4) is 0 Å². The SMILES string of the molecule is CC(C)Oc1ccc(Nc2ncc(NC(=O)CCC(=O)O)c(=O)n2Cc2ccc(Cl)cc2)cc1F. The highest BCUT2D eigenvalue weighted by Crippen LogP contribution is 2.24. The second-order valence-corrected chi connectivity index (χ2v) is 8.33. The molecule has 3 aromatic rings. The number of amides is 1. The number of carbonyl (C=O) groups excluding carboxylic acids is 1. The molecule has 2 aromatic carbocycles. The molecular weight excluding hydrogens is 479 g/mol. The van der Waals surface area contributed by atoms with E-state index in [9.17, 15) is 18.8 Å². The molecule has 11 heteroatoms. The predicted molar refractivity (Wildman–Crippen MR) is 130 cm³/mol. The maximum atomic E-state index is 14.5. The number of nitrogens with one attached hydrogen (secondary N) is 2. The quantitative estimate of drug-likeness (QED) is 0.375. The molecule has 1 aromatic heterocycles. The fourth-order valence-corrected chi connectivity index (χ4v) is 3.21. The molecular formula is C24H24ClFN4O5. The maximum Gasteiger partial charge on any atom is 0.303 e. The first-order valence-corrected chi connectivity index (χ1v) is 11.1. The van der Waals surface area contributed by atoms with Crippen molar-refractivity contribution in [3.05, 3.63) is 75.4 Å². The fraction of sp³-hybridized carbons (Fsp3) is 0.250. The van der Waals surface area contributed by atoms with Gasteiger partial charge in [0.05, 0.1) is 25.3 Å². The Kier molecular flexibility index (Phi) is 8.43. The summed E-state index contributed by atoms with van der Waals surface area (Å²) in [6.07, 6.45) is 0.289. The molecule has 0 radical (unpaired) electrons. The third kappa shape index (κ3) is 7.28. The molecule has 3 rings (SSSR count). The van der Waals surface area contributed by atoms with Crippen LogP contribution in [0.25, 0.3) is 0 Å². The highest BCUT2D eigenvalue weighted by molar-refractivity contribution is 6.30. The number of hydrogen-bond donors (Lipinski definition) is 3. The van der Waals surface area contributed by atoms with Crippen LogP contribution in [0.2, 0.25) is 5.02 Å².